The fraction of sp³-hybridized carbons (Fsp3) is 0.143. The first-order valence-electron chi connectivity index (χ1n) is 5.58. The van der Waals surface area contributed by atoms with Gasteiger partial charge in [-0.3, -0.25) is 4.21 Å². The molecule has 0 aliphatic heterocycles. The molecule has 0 N–H and O–H groups in total. The summed E-state index contributed by atoms with van der Waals surface area (Å²) in [7, 11) is -1.23. The summed E-state index contributed by atoms with van der Waals surface area (Å²) in [5.41, 5.74) is 1.16. The molecule has 2 aromatic rings. The standard InChI is InChI=1S/C14H11Cl2FOS/c15-11-4-1-3-10(7-11)8-19(18)9-12-13(16)5-2-6-14(12)17/h1-7H,8-9H2. The van der Waals surface area contributed by atoms with Crippen molar-refractivity contribution in [2.24, 2.45) is 0 Å². The third-order valence-corrected chi connectivity index (χ3v) is 4.44. The van der Waals surface area contributed by atoms with Gasteiger partial charge in [-0.25, -0.2) is 4.39 Å². The molecule has 0 saturated carbocycles. The molecule has 0 spiro atoms. The van der Waals surface area contributed by atoms with Crippen LogP contribution in [0.2, 0.25) is 10.0 Å². The molecule has 1 nitrogen and oxygen atoms in total. The van der Waals surface area contributed by atoms with Crippen molar-refractivity contribution in [2.75, 3.05) is 0 Å². The number of benzene rings is 2. The molecule has 2 aromatic carbocycles. The van der Waals surface area contributed by atoms with Crippen LogP contribution in [0.4, 0.5) is 4.39 Å². The molecule has 1 atom stereocenters. The molecule has 100 valence electrons. The van der Waals surface area contributed by atoms with Gasteiger partial charge in [0, 0.05) is 32.2 Å². The maximum atomic E-state index is 13.6. The zero-order chi connectivity index (χ0) is 13.8. The lowest BCUT2D eigenvalue weighted by atomic mass is 10.2. The first-order valence-corrected chi connectivity index (χ1v) is 7.83. The predicted molar refractivity (Wildman–Crippen MR) is 78.4 cm³/mol. The van der Waals surface area contributed by atoms with Gasteiger partial charge < -0.3 is 0 Å². The second kappa shape index (κ2) is 6.51. The van der Waals surface area contributed by atoms with Gasteiger partial charge >= 0.3 is 0 Å². The van der Waals surface area contributed by atoms with Gasteiger partial charge in [0.05, 0.1) is 5.75 Å². The summed E-state index contributed by atoms with van der Waals surface area (Å²) in [6.45, 7) is 0. The third kappa shape index (κ3) is 4.03. The molecule has 0 aliphatic rings. The van der Waals surface area contributed by atoms with Crippen molar-refractivity contribution in [3.05, 3.63) is 69.5 Å². The minimum absolute atomic E-state index is 0.0953. The smallest absolute Gasteiger partial charge is 0.128 e. The Kier molecular flexibility index (Phi) is 4.97. The summed E-state index contributed by atoms with van der Waals surface area (Å²) < 4.78 is 25.6. The fourth-order valence-corrected chi connectivity index (χ4v) is 3.49. The molecular weight excluding hydrogens is 306 g/mol. The Balaban J connectivity index is 2.10. The average molecular weight is 317 g/mol. The zero-order valence-corrected chi connectivity index (χ0v) is 12.2. The van der Waals surface area contributed by atoms with Crippen LogP contribution in [0.5, 0.6) is 0 Å². The number of rotatable bonds is 4. The van der Waals surface area contributed by atoms with Gasteiger partial charge in [0.1, 0.15) is 5.82 Å². The van der Waals surface area contributed by atoms with E-state index in [4.69, 9.17) is 23.2 Å². The molecule has 1 unspecified atom stereocenters. The van der Waals surface area contributed by atoms with E-state index in [1.54, 1.807) is 24.3 Å². The predicted octanol–water partition coefficient (Wildman–Crippen LogP) is 4.58. The second-order valence-corrected chi connectivity index (χ2v) is 6.36. The van der Waals surface area contributed by atoms with Crippen molar-refractivity contribution in [1.82, 2.24) is 0 Å². The van der Waals surface area contributed by atoms with E-state index in [0.717, 1.165) is 5.56 Å². The maximum Gasteiger partial charge on any atom is 0.128 e. The van der Waals surface area contributed by atoms with E-state index in [2.05, 4.69) is 0 Å². The molecule has 0 amide bonds. The lowest BCUT2D eigenvalue weighted by Gasteiger charge is -2.06. The third-order valence-electron chi connectivity index (χ3n) is 2.58. The second-order valence-electron chi connectivity index (χ2n) is 4.06. The van der Waals surface area contributed by atoms with Gasteiger partial charge in [-0.05, 0) is 29.8 Å². The monoisotopic (exact) mass is 316 g/mol. The van der Waals surface area contributed by atoms with Crippen molar-refractivity contribution in [2.45, 2.75) is 11.5 Å². The highest BCUT2D eigenvalue weighted by molar-refractivity contribution is 7.83. The SMILES string of the molecule is O=S(Cc1cccc(Cl)c1)Cc1c(F)cccc1Cl. The molecule has 2 rings (SSSR count). The Morgan fingerprint density at radius 2 is 1.79 bits per heavy atom. The molecular formula is C14H11Cl2FOS. The van der Waals surface area contributed by atoms with E-state index in [1.165, 1.54) is 12.1 Å². The number of hydrogen-bond acceptors (Lipinski definition) is 1. The highest BCUT2D eigenvalue weighted by Gasteiger charge is 2.11. The van der Waals surface area contributed by atoms with Crippen molar-refractivity contribution >= 4 is 34.0 Å². The maximum absolute atomic E-state index is 13.6. The molecule has 0 aromatic heterocycles. The molecule has 0 fully saturated rings. The average Bonchev–Trinajstić information content (AvgIpc) is 2.34. The molecule has 5 heteroatoms. The fourth-order valence-electron chi connectivity index (χ4n) is 1.69. The zero-order valence-electron chi connectivity index (χ0n) is 9.91. The Labute approximate surface area is 123 Å². The first-order chi connectivity index (χ1) is 9.06. The van der Waals surface area contributed by atoms with Crippen LogP contribution >= 0.6 is 23.2 Å². The van der Waals surface area contributed by atoms with E-state index < -0.39 is 16.6 Å². The van der Waals surface area contributed by atoms with Crippen LogP contribution < -0.4 is 0 Å². The van der Waals surface area contributed by atoms with Crippen LogP contribution in [0.1, 0.15) is 11.1 Å². The molecule has 19 heavy (non-hydrogen) atoms. The minimum Gasteiger partial charge on any atom is -0.259 e. The molecule has 0 saturated heterocycles. The molecule has 0 radical (unpaired) electrons. The quantitative estimate of drug-likeness (QED) is 0.806. The van der Waals surface area contributed by atoms with E-state index >= 15 is 0 Å². The summed E-state index contributed by atoms with van der Waals surface area (Å²) in [6.07, 6.45) is 0. The summed E-state index contributed by atoms with van der Waals surface area (Å²) in [5, 5.41) is 0.901. The van der Waals surface area contributed by atoms with Crippen LogP contribution in [-0.2, 0) is 22.3 Å². The Morgan fingerprint density at radius 3 is 2.47 bits per heavy atom. The number of hydrogen-bond donors (Lipinski definition) is 0. The van der Waals surface area contributed by atoms with Crippen LogP contribution in [0.25, 0.3) is 0 Å². The van der Waals surface area contributed by atoms with E-state index in [1.807, 2.05) is 6.07 Å². The molecule has 0 heterocycles. The van der Waals surface area contributed by atoms with Crippen molar-refractivity contribution in [3.63, 3.8) is 0 Å². The van der Waals surface area contributed by atoms with Gasteiger partial charge in [-0.15, -0.1) is 0 Å². The van der Waals surface area contributed by atoms with E-state index in [9.17, 15) is 8.60 Å². The van der Waals surface area contributed by atoms with Crippen molar-refractivity contribution < 1.29 is 8.60 Å². The van der Waals surface area contributed by atoms with Crippen molar-refractivity contribution in [1.29, 1.82) is 0 Å². The lowest BCUT2D eigenvalue weighted by Crippen LogP contribution is -2.02. The van der Waals surface area contributed by atoms with E-state index in [0.29, 0.717) is 21.4 Å². The van der Waals surface area contributed by atoms with Gasteiger partial charge in [-0.2, -0.15) is 0 Å². The van der Waals surface area contributed by atoms with Crippen molar-refractivity contribution in [3.8, 4) is 0 Å². The van der Waals surface area contributed by atoms with Gasteiger partial charge in [-0.1, -0.05) is 41.4 Å². The van der Waals surface area contributed by atoms with E-state index in [-0.39, 0.29) is 5.75 Å². The van der Waals surface area contributed by atoms with Gasteiger partial charge in [0.25, 0.3) is 0 Å². The van der Waals surface area contributed by atoms with Crippen LogP contribution in [-0.4, -0.2) is 4.21 Å². The number of halogens is 3. The summed E-state index contributed by atoms with van der Waals surface area (Å²) >= 11 is 11.8. The highest BCUT2D eigenvalue weighted by Crippen LogP contribution is 2.22. The van der Waals surface area contributed by atoms with Crippen LogP contribution in [0.3, 0.4) is 0 Å². The summed E-state index contributed by atoms with van der Waals surface area (Å²) in [5.74, 6) is -0.00424. The Hall–Kier alpha value is -0.900. The Morgan fingerprint density at radius 1 is 1.05 bits per heavy atom. The minimum atomic E-state index is -1.23. The highest BCUT2D eigenvalue weighted by atomic mass is 35.5. The Bertz CT molecular complexity index is 596. The van der Waals surface area contributed by atoms with Crippen LogP contribution in [0, 0.1) is 5.82 Å². The molecule has 0 bridgehead atoms. The largest absolute Gasteiger partial charge is 0.259 e. The van der Waals surface area contributed by atoms with Crippen LogP contribution in [0.15, 0.2) is 42.5 Å². The summed E-state index contributed by atoms with van der Waals surface area (Å²) in [6, 6.07) is 11.6. The normalized spacial score (nSPS) is 12.4. The topological polar surface area (TPSA) is 17.1 Å². The summed E-state index contributed by atoms with van der Waals surface area (Å²) in [4.78, 5) is 0. The van der Waals surface area contributed by atoms with Gasteiger partial charge in [0.2, 0.25) is 0 Å². The van der Waals surface area contributed by atoms with Gasteiger partial charge in [0.15, 0.2) is 0 Å². The first kappa shape index (κ1) is 14.5. The lowest BCUT2D eigenvalue weighted by molar-refractivity contribution is 0.615. The molecule has 0 aliphatic carbocycles.